The first-order valence-electron chi connectivity index (χ1n) is 4.36. The summed E-state index contributed by atoms with van der Waals surface area (Å²) >= 11 is 4.73. The molecule has 0 saturated heterocycles. The average molecular weight is 266 g/mol. The summed E-state index contributed by atoms with van der Waals surface area (Å²) < 4.78 is 42.1. The van der Waals surface area contributed by atoms with Gasteiger partial charge in [0.2, 0.25) is 11.8 Å². The van der Waals surface area contributed by atoms with E-state index in [9.17, 15) is 13.2 Å². The number of rotatable bonds is 2. The van der Waals surface area contributed by atoms with Crippen LogP contribution in [0.25, 0.3) is 0 Å². The van der Waals surface area contributed by atoms with Gasteiger partial charge in [-0.1, -0.05) is 0 Å². The van der Waals surface area contributed by atoms with Crippen LogP contribution in [0.4, 0.5) is 19.1 Å². The molecule has 0 aliphatic rings. The number of nitrogens with one attached hydrogen (secondary N) is 2. The summed E-state index contributed by atoms with van der Waals surface area (Å²) in [7, 11) is 2.73. The number of hydrogen-bond acceptors (Lipinski definition) is 4. The number of halogens is 3. The Hall–Kier alpha value is -1.64. The maximum Gasteiger partial charge on any atom is 0.433 e. The van der Waals surface area contributed by atoms with Gasteiger partial charge < -0.3 is 15.4 Å². The Morgan fingerprint density at radius 3 is 2.53 bits per heavy atom. The predicted molar refractivity (Wildman–Crippen MR) is 58.9 cm³/mol. The lowest BCUT2D eigenvalue weighted by atomic mass is 10.4. The second-order valence-electron chi connectivity index (χ2n) is 2.82. The molecule has 0 aliphatic carbocycles. The maximum atomic E-state index is 12.5. The Kier molecular flexibility index (Phi) is 4.05. The van der Waals surface area contributed by atoms with E-state index in [0.29, 0.717) is 6.07 Å². The average Bonchev–Trinajstić information content (AvgIpc) is 2.27. The second-order valence-corrected chi connectivity index (χ2v) is 3.23. The van der Waals surface area contributed by atoms with Gasteiger partial charge in [0.25, 0.3) is 0 Å². The van der Waals surface area contributed by atoms with E-state index in [2.05, 4.69) is 25.3 Å². The fraction of sp³-hybridized carbons (Fsp3) is 0.375. The molecule has 17 heavy (non-hydrogen) atoms. The largest absolute Gasteiger partial charge is 0.481 e. The van der Waals surface area contributed by atoms with Crippen molar-refractivity contribution in [3.63, 3.8) is 0 Å². The number of aromatic nitrogens is 2. The van der Waals surface area contributed by atoms with Gasteiger partial charge in [0, 0.05) is 13.1 Å². The smallest absolute Gasteiger partial charge is 0.433 e. The molecule has 1 heterocycles. The Labute approximate surface area is 100 Å². The quantitative estimate of drug-likeness (QED) is 0.790. The lowest BCUT2D eigenvalue weighted by Gasteiger charge is -2.10. The number of alkyl halides is 3. The molecule has 0 atom stereocenters. The zero-order valence-electron chi connectivity index (χ0n) is 8.92. The lowest BCUT2D eigenvalue weighted by Crippen LogP contribution is -2.26. The highest BCUT2D eigenvalue weighted by Crippen LogP contribution is 2.30. The summed E-state index contributed by atoms with van der Waals surface area (Å²) in [5.74, 6) is -0.482. The van der Waals surface area contributed by atoms with E-state index in [1.165, 1.54) is 14.2 Å². The van der Waals surface area contributed by atoms with Crippen LogP contribution in [0, 0.1) is 0 Å². The van der Waals surface area contributed by atoms with Crippen LogP contribution in [0.5, 0.6) is 5.88 Å². The standard InChI is InChI=1S/C8H9F3N4OS/c1-12-7(17)15-6-13-4(8(9,10)11)3-5(14-6)16-2/h3H,1-2H3,(H2,12,13,14,15,17). The summed E-state index contributed by atoms with van der Waals surface area (Å²) in [6.07, 6.45) is -4.58. The highest BCUT2D eigenvalue weighted by Gasteiger charge is 2.34. The van der Waals surface area contributed by atoms with Crippen LogP contribution in [-0.2, 0) is 6.18 Å². The summed E-state index contributed by atoms with van der Waals surface area (Å²) in [4.78, 5) is 6.97. The predicted octanol–water partition coefficient (Wildman–Crippen LogP) is 1.42. The summed E-state index contributed by atoms with van der Waals surface area (Å²) in [5.41, 5.74) is -1.11. The summed E-state index contributed by atoms with van der Waals surface area (Å²) in [5, 5.41) is 5.03. The van der Waals surface area contributed by atoms with Crippen molar-refractivity contribution in [2.45, 2.75) is 6.18 Å². The van der Waals surface area contributed by atoms with Gasteiger partial charge in [0.05, 0.1) is 7.11 Å². The first kappa shape index (κ1) is 13.4. The fourth-order valence-corrected chi connectivity index (χ4v) is 0.986. The maximum absolute atomic E-state index is 12.5. The number of anilines is 1. The molecule has 1 aromatic rings. The van der Waals surface area contributed by atoms with Crippen molar-refractivity contribution in [3.05, 3.63) is 11.8 Å². The summed E-state index contributed by atoms with van der Waals surface area (Å²) in [6.45, 7) is 0. The first-order chi connectivity index (χ1) is 7.86. The zero-order chi connectivity index (χ0) is 13.1. The molecule has 2 N–H and O–H groups in total. The van der Waals surface area contributed by atoms with Crippen molar-refractivity contribution in [1.82, 2.24) is 15.3 Å². The van der Waals surface area contributed by atoms with E-state index < -0.39 is 11.9 Å². The third-order valence-electron chi connectivity index (χ3n) is 1.65. The SMILES string of the molecule is CNC(=S)Nc1nc(OC)cc(C(F)(F)F)n1. The molecule has 0 unspecified atom stereocenters. The van der Waals surface area contributed by atoms with E-state index in [-0.39, 0.29) is 16.9 Å². The second kappa shape index (κ2) is 5.13. The Bertz CT molecular complexity index is 424. The van der Waals surface area contributed by atoms with E-state index in [0.717, 1.165) is 0 Å². The van der Waals surface area contributed by atoms with Crippen molar-refractivity contribution < 1.29 is 17.9 Å². The van der Waals surface area contributed by atoms with Gasteiger partial charge in [-0.2, -0.15) is 18.2 Å². The minimum absolute atomic E-state index is 0.103. The van der Waals surface area contributed by atoms with Crippen LogP contribution < -0.4 is 15.4 Å². The number of hydrogen-bond donors (Lipinski definition) is 2. The van der Waals surface area contributed by atoms with E-state index >= 15 is 0 Å². The molecular weight excluding hydrogens is 257 g/mol. The molecule has 1 aromatic heterocycles. The van der Waals surface area contributed by atoms with Gasteiger partial charge in [-0.15, -0.1) is 0 Å². The van der Waals surface area contributed by atoms with Crippen molar-refractivity contribution in [2.75, 3.05) is 19.5 Å². The topological polar surface area (TPSA) is 59.1 Å². The lowest BCUT2D eigenvalue weighted by molar-refractivity contribution is -0.141. The van der Waals surface area contributed by atoms with Crippen molar-refractivity contribution in [2.24, 2.45) is 0 Å². The molecule has 0 bridgehead atoms. The van der Waals surface area contributed by atoms with Crippen LogP contribution in [0.1, 0.15) is 5.69 Å². The molecule has 0 radical (unpaired) electrons. The van der Waals surface area contributed by atoms with Crippen LogP contribution in [0.3, 0.4) is 0 Å². The molecule has 0 fully saturated rings. The van der Waals surface area contributed by atoms with Gasteiger partial charge in [-0.05, 0) is 12.2 Å². The normalized spacial score (nSPS) is 10.9. The third-order valence-corrected chi connectivity index (χ3v) is 1.96. The third kappa shape index (κ3) is 3.70. The van der Waals surface area contributed by atoms with Crippen molar-refractivity contribution >= 4 is 23.3 Å². The first-order valence-corrected chi connectivity index (χ1v) is 4.76. The van der Waals surface area contributed by atoms with Gasteiger partial charge >= 0.3 is 6.18 Å². The van der Waals surface area contributed by atoms with Crippen LogP contribution in [-0.4, -0.2) is 29.2 Å². The molecule has 94 valence electrons. The molecule has 5 nitrogen and oxygen atoms in total. The minimum Gasteiger partial charge on any atom is -0.481 e. The summed E-state index contributed by atoms with van der Waals surface area (Å²) in [6, 6.07) is 0.702. The molecular formula is C8H9F3N4OS. The molecule has 9 heteroatoms. The monoisotopic (exact) mass is 266 g/mol. The number of thiocarbonyl (C=S) groups is 1. The van der Waals surface area contributed by atoms with Gasteiger partial charge in [0.1, 0.15) is 0 Å². The minimum atomic E-state index is -4.58. The number of ether oxygens (including phenoxy) is 1. The van der Waals surface area contributed by atoms with Crippen molar-refractivity contribution in [3.8, 4) is 5.88 Å². The molecule has 0 spiro atoms. The molecule has 0 aliphatic heterocycles. The fourth-order valence-electron chi connectivity index (χ4n) is 0.895. The Morgan fingerprint density at radius 2 is 2.06 bits per heavy atom. The van der Waals surface area contributed by atoms with Crippen LogP contribution >= 0.6 is 12.2 Å². The number of nitrogens with zero attached hydrogens (tertiary/aromatic N) is 2. The van der Waals surface area contributed by atoms with E-state index in [1.807, 2.05) is 0 Å². The molecule has 0 saturated carbocycles. The number of methoxy groups -OCH3 is 1. The molecule has 0 aromatic carbocycles. The highest BCUT2D eigenvalue weighted by atomic mass is 32.1. The van der Waals surface area contributed by atoms with E-state index in [1.54, 1.807) is 0 Å². The van der Waals surface area contributed by atoms with Gasteiger partial charge in [-0.3, -0.25) is 0 Å². The van der Waals surface area contributed by atoms with Gasteiger partial charge in [0.15, 0.2) is 10.8 Å². The van der Waals surface area contributed by atoms with Crippen LogP contribution in [0.2, 0.25) is 0 Å². The molecule has 0 amide bonds. The Morgan fingerprint density at radius 1 is 1.41 bits per heavy atom. The highest BCUT2D eigenvalue weighted by molar-refractivity contribution is 7.80. The van der Waals surface area contributed by atoms with Crippen molar-refractivity contribution in [1.29, 1.82) is 0 Å². The van der Waals surface area contributed by atoms with Crippen LogP contribution in [0.15, 0.2) is 6.07 Å². The Balaban J connectivity index is 3.10. The molecule has 1 rings (SSSR count). The zero-order valence-corrected chi connectivity index (χ0v) is 9.74. The van der Waals surface area contributed by atoms with Gasteiger partial charge in [-0.25, -0.2) is 4.98 Å². The van der Waals surface area contributed by atoms with E-state index in [4.69, 9.17) is 12.2 Å².